The Morgan fingerprint density at radius 1 is 1.03 bits per heavy atom. The highest BCUT2D eigenvalue weighted by atomic mass is 19.1. The van der Waals surface area contributed by atoms with Crippen molar-refractivity contribution in [2.24, 2.45) is 5.41 Å². The molecule has 0 unspecified atom stereocenters. The largest absolute Gasteiger partial charge is 0.453 e. The smallest absolute Gasteiger partial charge is 0.229 e. The number of hydrogen-bond donors (Lipinski definition) is 2. The number of amides is 1. The Hall–Kier alpha value is -3.29. The van der Waals surface area contributed by atoms with Crippen molar-refractivity contribution >= 4 is 28.3 Å². The summed E-state index contributed by atoms with van der Waals surface area (Å²) in [6, 6.07) is 4.96. The molecule has 0 aliphatic rings. The lowest BCUT2D eigenvalue weighted by Gasteiger charge is -2.18. The van der Waals surface area contributed by atoms with Crippen LogP contribution in [0.4, 0.5) is 24.5 Å². The van der Waals surface area contributed by atoms with Crippen LogP contribution < -0.4 is 16.1 Å². The number of rotatable bonds is 8. The number of unbranched alkanes of at least 4 members (excludes halogenated alkanes) is 3. The van der Waals surface area contributed by atoms with Gasteiger partial charge in [0.15, 0.2) is 22.6 Å². The van der Waals surface area contributed by atoms with E-state index in [0.29, 0.717) is 6.54 Å². The summed E-state index contributed by atoms with van der Waals surface area (Å²) in [5, 5.41) is 5.22. The molecule has 0 atom stereocenters. The van der Waals surface area contributed by atoms with E-state index in [1.807, 2.05) is 0 Å². The highest BCUT2D eigenvalue weighted by Crippen LogP contribution is 2.34. The minimum absolute atomic E-state index is 0.0320. The summed E-state index contributed by atoms with van der Waals surface area (Å²) in [4.78, 5) is 25.1. The molecule has 3 aromatic rings. The number of hydrogen-bond acceptors (Lipinski definition) is 4. The van der Waals surface area contributed by atoms with E-state index >= 15 is 0 Å². The van der Waals surface area contributed by atoms with Gasteiger partial charge in [-0.1, -0.05) is 47.0 Å². The standard InChI is InChI=1S/C27H31F3N2O3/c1-6-7-8-9-12-31-24-21-19(33)14-20(35-25(21)23(30)15(2)22(24)29)16-10-11-18(17(28)13-16)32-26(34)27(3,4)5/h10-11,13-14,31H,6-9,12H2,1-5H3,(H,32,34). The zero-order chi connectivity index (χ0) is 25.9. The fourth-order valence-corrected chi connectivity index (χ4v) is 3.60. The van der Waals surface area contributed by atoms with Crippen LogP contribution in [0.1, 0.15) is 58.9 Å². The first kappa shape index (κ1) is 26.3. The van der Waals surface area contributed by atoms with Crippen molar-refractivity contribution in [3.8, 4) is 11.3 Å². The van der Waals surface area contributed by atoms with Gasteiger partial charge in [0.25, 0.3) is 0 Å². The zero-order valence-corrected chi connectivity index (χ0v) is 20.7. The summed E-state index contributed by atoms with van der Waals surface area (Å²) < 4.78 is 50.3. The molecule has 2 aromatic carbocycles. The van der Waals surface area contributed by atoms with Gasteiger partial charge in [0, 0.05) is 29.2 Å². The van der Waals surface area contributed by atoms with Gasteiger partial charge in [-0.15, -0.1) is 0 Å². The fourth-order valence-electron chi connectivity index (χ4n) is 3.60. The van der Waals surface area contributed by atoms with Crippen LogP contribution in [-0.2, 0) is 4.79 Å². The molecule has 0 spiro atoms. The maximum atomic E-state index is 15.0. The Balaban J connectivity index is 2.02. The molecule has 0 fully saturated rings. The molecule has 1 aromatic heterocycles. The summed E-state index contributed by atoms with van der Waals surface area (Å²) in [7, 11) is 0. The maximum Gasteiger partial charge on any atom is 0.229 e. The molecule has 0 aliphatic carbocycles. The van der Waals surface area contributed by atoms with Crippen LogP contribution in [-0.4, -0.2) is 12.5 Å². The Bertz CT molecular complexity index is 1310. The molecule has 1 heterocycles. The lowest BCUT2D eigenvalue weighted by molar-refractivity contribution is -0.123. The highest BCUT2D eigenvalue weighted by Gasteiger charge is 2.24. The summed E-state index contributed by atoms with van der Waals surface area (Å²) >= 11 is 0. The van der Waals surface area contributed by atoms with Gasteiger partial charge in [-0.25, -0.2) is 13.2 Å². The predicted molar refractivity (Wildman–Crippen MR) is 133 cm³/mol. The molecule has 35 heavy (non-hydrogen) atoms. The molecule has 0 aliphatic heterocycles. The van der Waals surface area contributed by atoms with Crippen LogP contribution in [0.25, 0.3) is 22.3 Å². The van der Waals surface area contributed by atoms with Gasteiger partial charge in [-0.05, 0) is 31.5 Å². The minimum atomic E-state index is -0.984. The van der Waals surface area contributed by atoms with Crippen LogP contribution in [0.2, 0.25) is 0 Å². The van der Waals surface area contributed by atoms with E-state index in [4.69, 9.17) is 4.42 Å². The van der Waals surface area contributed by atoms with Crippen LogP contribution in [0, 0.1) is 29.8 Å². The van der Waals surface area contributed by atoms with Crippen LogP contribution >= 0.6 is 0 Å². The molecule has 8 heteroatoms. The molecule has 0 bridgehead atoms. The molecular formula is C27H31F3N2O3. The number of anilines is 2. The van der Waals surface area contributed by atoms with Crippen LogP contribution in [0.15, 0.2) is 33.5 Å². The maximum absolute atomic E-state index is 15.0. The summed E-state index contributed by atoms with van der Waals surface area (Å²) in [5.41, 5.74) is -2.00. The van der Waals surface area contributed by atoms with Crippen molar-refractivity contribution in [2.75, 3.05) is 17.2 Å². The minimum Gasteiger partial charge on any atom is -0.453 e. The third kappa shape index (κ3) is 5.69. The van der Waals surface area contributed by atoms with Crippen molar-refractivity contribution in [3.05, 3.63) is 57.5 Å². The van der Waals surface area contributed by atoms with Crippen molar-refractivity contribution in [1.82, 2.24) is 0 Å². The molecule has 5 nitrogen and oxygen atoms in total. The van der Waals surface area contributed by atoms with Gasteiger partial charge >= 0.3 is 0 Å². The number of halogens is 3. The van der Waals surface area contributed by atoms with Gasteiger partial charge in [-0.2, -0.15) is 0 Å². The van der Waals surface area contributed by atoms with Gasteiger partial charge in [-0.3, -0.25) is 9.59 Å². The second-order valence-corrected chi connectivity index (χ2v) is 9.69. The Labute approximate surface area is 202 Å². The Morgan fingerprint density at radius 3 is 2.37 bits per heavy atom. The average molecular weight is 489 g/mol. The third-order valence-corrected chi connectivity index (χ3v) is 5.79. The SMILES string of the molecule is CCCCCCNc1c(F)c(C)c(F)c2oc(-c3ccc(NC(=O)C(C)(C)C)c(F)c3)cc(=O)c12. The van der Waals surface area contributed by atoms with Crippen molar-refractivity contribution in [3.63, 3.8) is 0 Å². The quantitative estimate of drug-likeness (QED) is 0.330. The van der Waals surface area contributed by atoms with Gasteiger partial charge in [0.2, 0.25) is 5.91 Å². The Kier molecular flexibility index (Phi) is 7.93. The number of fused-ring (bicyclic) bond motifs is 1. The van der Waals surface area contributed by atoms with Gasteiger partial charge in [0.05, 0.1) is 16.8 Å². The highest BCUT2D eigenvalue weighted by molar-refractivity contribution is 5.95. The molecule has 3 rings (SSSR count). The summed E-state index contributed by atoms with van der Waals surface area (Å²) in [6.45, 7) is 8.87. The van der Waals surface area contributed by atoms with Crippen molar-refractivity contribution < 1.29 is 22.4 Å². The van der Waals surface area contributed by atoms with E-state index in [9.17, 15) is 22.8 Å². The fraction of sp³-hybridized carbons (Fsp3) is 0.407. The first-order chi connectivity index (χ1) is 16.5. The molecule has 2 N–H and O–H groups in total. The van der Waals surface area contributed by atoms with Crippen LogP contribution in [0.3, 0.4) is 0 Å². The Morgan fingerprint density at radius 2 is 1.74 bits per heavy atom. The lowest BCUT2D eigenvalue weighted by Crippen LogP contribution is -2.28. The lowest BCUT2D eigenvalue weighted by atomic mass is 9.95. The molecule has 0 radical (unpaired) electrons. The molecule has 0 saturated carbocycles. The summed E-state index contributed by atoms with van der Waals surface area (Å²) in [5.74, 6) is -3.00. The topological polar surface area (TPSA) is 71.3 Å². The molecule has 1 amide bonds. The van der Waals surface area contributed by atoms with Crippen molar-refractivity contribution in [2.45, 2.75) is 60.3 Å². The molecule has 188 valence electrons. The van der Waals surface area contributed by atoms with E-state index in [1.54, 1.807) is 20.8 Å². The van der Waals surface area contributed by atoms with E-state index in [-0.39, 0.29) is 39.6 Å². The molecule has 0 saturated heterocycles. The average Bonchev–Trinajstić information content (AvgIpc) is 2.80. The first-order valence-corrected chi connectivity index (χ1v) is 11.8. The van der Waals surface area contributed by atoms with Crippen LogP contribution in [0.5, 0.6) is 0 Å². The molecular weight excluding hydrogens is 457 g/mol. The number of nitrogens with one attached hydrogen (secondary N) is 2. The van der Waals surface area contributed by atoms with Gasteiger partial charge in [0.1, 0.15) is 11.6 Å². The first-order valence-electron chi connectivity index (χ1n) is 11.8. The van der Waals surface area contributed by atoms with E-state index in [1.165, 1.54) is 19.1 Å². The van der Waals surface area contributed by atoms with E-state index < -0.39 is 33.9 Å². The normalized spacial score (nSPS) is 11.7. The third-order valence-electron chi connectivity index (χ3n) is 5.79. The zero-order valence-electron chi connectivity index (χ0n) is 20.7. The number of carbonyl (C=O) groups is 1. The monoisotopic (exact) mass is 488 g/mol. The second kappa shape index (κ2) is 10.5. The van der Waals surface area contributed by atoms with E-state index in [0.717, 1.165) is 37.8 Å². The second-order valence-electron chi connectivity index (χ2n) is 9.69. The number of benzene rings is 2. The van der Waals surface area contributed by atoms with E-state index in [2.05, 4.69) is 17.6 Å². The van der Waals surface area contributed by atoms with Gasteiger partial charge < -0.3 is 15.1 Å². The number of carbonyl (C=O) groups excluding carboxylic acids is 1. The summed E-state index contributed by atoms with van der Waals surface area (Å²) in [6.07, 6.45) is 3.80. The predicted octanol–water partition coefficient (Wildman–Crippen LogP) is 7.16. The van der Waals surface area contributed by atoms with Crippen molar-refractivity contribution in [1.29, 1.82) is 0 Å².